The lowest BCUT2D eigenvalue weighted by atomic mass is 9.50. The van der Waals surface area contributed by atoms with E-state index in [0.717, 1.165) is 42.7 Å². The fourth-order valence-corrected chi connectivity index (χ4v) is 14.2. The Labute approximate surface area is 245 Å². The lowest BCUT2D eigenvalue weighted by molar-refractivity contribution is -0.139. The van der Waals surface area contributed by atoms with Gasteiger partial charge in [0.15, 0.2) is 25.0 Å². The van der Waals surface area contributed by atoms with E-state index in [4.69, 9.17) is 29.3 Å². The first-order valence-electron chi connectivity index (χ1n) is 15.8. The predicted molar refractivity (Wildman–Crippen MR) is 173 cm³/mol. The Hall–Kier alpha value is 0.191. The summed E-state index contributed by atoms with van der Waals surface area (Å²) in [5.74, 6) is 0.493. The van der Waals surface area contributed by atoms with Crippen LogP contribution in [0.5, 0.6) is 0 Å². The Kier molecular flexibility index (Phi) is 12.0. The Bertz CT molecular complexity index is 762. The van der Waals surface area contributed by atoms with Gasteiger partial charge in [-0.1, -0.05) is 74.5 Å². The first-order valence-corrected chi connectivity index (χ1v) is 23.8. The van der Waals surface area contributed by atoms with Gasteiger partial charge in [0.2, 0.25) is 0 Å². The van der Waals surface area contributed by atoms with Crippen LogP contribution in [0.1, 0.15) is 75.7 Å². The van der Waals surface area contributed by atoms with Gasteiger partial charge in [0.05, 0.1) is 11.7 Å². The molecule has 0 bridgehead atoms. The molecule has 0 saturated heterocycles. The van der Waals surface area contributed by atoms with Gasteiger partial charge in [-0.15, -0.1) is 0 Å². The lowest BCUT2D eigenvalue weighted by Gasteiger charge is -2.60. The monoisotopic (exact) mass is 600 g/mol. The maximum absolute atomic E-state index is 7.27. The summed E-state index contributed by atoms with van der Waals surface area (Å²) in [6, 6.07) is 6.86. The fourth-order valence-electron chi connectivity index (χ4n) is 7.19. The van der Waals surface area contributed by atoms with Crippen LogP contribution in [0.3, 0.4) is 0 Å². The van der Waals surface area contributed by atoms with Crippen LogP contribution >= 0.6 is 0 Å². The second kappa shape index (κ2) is 13.2. The van der Waals surface area contributed by atoms with Crippen LogP contribution in [0.2, 0.25) is 54.4 Å². The summed E-state index contributed by atoms with van der Waals surface area (Å²) in [4.78, 5) is 0. The number of methoxy groups -OCH3 is 1. The Morgan fingerprint density at radius 3 is 1.64 bits per heavy atom. The van der Waals surface area contributed by atoms with Crippen LogP contribution in [0.15, 0.2) is 12.2 Å². The van der Waals surface area contributed by atoms with Crippen molar-refractivity contribution in [3.8, 4) is 0 Å². The third-order valence-electron chi connectivity index (χ3n) is 11.5. The molecule has 2 saturated carbocycles. The molecule has 0 unspecified atom stereocenters. The van der Waals surface area contributed by atoms with E-state index in [9.17, 15) is 0 Å². The van der Waals surface area contributed by atoms with Gasteiger partial charge in [-0.2, -0.15) is 0 Å². The van der Waals surface area contributed by atoms with Gasteiger partial charge in [-0.3, -0.25) is 0 Å². The van der Waals surface area contributed by atoms with E-state index in [2.05, 4.69) is 82.3 Å². The number of hydrogen-bond acceptors (Lipinski definition) is 5. The van der Waals surface area contributed by atoms with E-state index in [1.54, 1.807) is 7.11 Å². The number of fused-ring (bicyclic) bond motifs is 1. The Morgan fingerprint density at radius 1 is 0.846 bits per heavy atom. The summed E-state index contributed by atoms with van der Waals surface area (Å²) < 4.78 is 33.4. The van der Waals surface area contributed by atoms with Crippen LogP contribution in [0.4, 0.5) is 0 Å². The Morgan fingerprint density at radius 2 is 1.28 bits per heavy atom. The van der Waals surface area contributed by atoms with E-state index in [-0.39, 0.29) is 34.0 Å². The average Bonchev–Trinajstić information content (AvgIpc) is 3.15. The molecule has 0 heterocycles. The summed E-state index contributed by atoms with van der Waals surface area (Å²) in [6.07, 6.45) is 0.888. The summed E-state index contributed by atoms with van der Waals surface area (Å²) in [5.41, 5.74) is 0.721. The van der Waals surface area contributed by atoms with Crippen LogP contribution in [0, 0.1) is 17.3 Å². The fraction of sp³-hybridized carbons (Fsp3) is 0.935. The van der Waals surface area contributed by atoms with Gasteiger partial charge in [0.1, 0.15) is 6.79 Å². The highest BCUT2D eigenvalue weighted by atomic mass is 28.4. The van der Waals surface area contributed by atoms with Crippen molar-refractivity contribution in [2.45, 2.75) is 142 Å². The zero-order valence-electron chi connectivity index (χ0n) is 28.1. The minimum absolute atomic E-state index is 0.0318. The standard InChI is InChI=1S/C31H64O5Si3/c1-15-38(16-2,17-3)34-22-31(23-35-39(18-4,19-5)20-6)25(7)27-28(31)26(33-24-32-12)21-30(27,11)36-37(13,14)29(8,9)10/h26-28H,7,15-24H2,1-6,8-14H3/t26-,27-,28-,30-/m0/s1. The Balaban J connectivity index is 2.56. The van der Waals surface area contributed by atoms with E-state index in [1.807, 2.05) is 0 Å². The topological polar surface area (TPSA) is 46.2 Å². The normalized spacial score (nSPS) is 27.5. The van der Waals surface area contributed by atoms with Gasteiger partial charge in [0.25, 0.3) is 0 Å². The van der Waals surface area contributed by atoms with Crippen molar-refractivity contribution in [3.05, 3.63) is 12.2 Å². The quantitative estimate of drug-likeness (QED) is 0.0947. The number of rotatable bonds is 17. The molecule has 0 amide bonds. The number of hydrogen-bond donors (Lipinski definition) is 0. The zero-order chi connectivity index (χ0) is 29.9. The van der Waals surface area contributed by atoms with Crippen LogP contribution in [0.25, 0.3) is 0 Å². The van der Waals surface area contributed by atoms with E-state index >= 15 is 0 Å². The molecule has 0 aromatic carbocycles. The highest BCUT2D eigenvalue weighted by Crippen LogP contribution is 2.68. The van der Waals surface area contributed by atoms with Crippen LogP contribution in [-0.2, 0) is 22.8 Å². The van der Waals surface area contributed by atoms with Gasteiger partial charge >= 0.3 is 0 Å². The maximum Gasteiger partial charge on any atom is 0.192 e. The van der Waals surface area contributed by atoms with Crippen molar-refractivity contribution in [1.82, 2.24) is 0 Å². The van der Waals surface area contributed by atoms with Crippen molar-refractivity contribution in [2.75, 3.05) is 27.1 Å². The first-order chi connectivity index (χ1) is 18.1. The molecule has 230 valence electrons. The van der Waals surface area contributed by atoms with Crippen molar-refractivity contribution in [3.63, 3.8) is 0 Å². The minimum atomic E-state index is -2.02. The van der Waals surface area contributed by atoms with Crippen molar-refractivity contribution in [2.24, 2.45) is 17.3 Å². The molecule has 0 aliphatic heterocycles. The summed E-state index contributed by atoms with van der Waals surface area (Å²) in [7, 11) is -3.92. The molecule has 2 aliphatic rings. The highest BCUT2D eigenvalue weighted by Gasteiger charge is 2.71. The zero-order valence-corrected chi connectivity index (χ0v) is 31.1. The van der Waals surface area contributed by atoms with Crippen LogP contribution in [-0.4, -0.2) is 63.8 Å². The molecule has 0 N–H and O–H groups in total. The summed E-state index contributed by atoms with van der Waals surface area (Å²) in [6.45, 7) is 34.4. The number of ether oxygens (including phenoxy) is 2. The lowest BCUT2D eigenvalue weighted by Crippen LogP contribution is -2.64. The van der Waals surface area contributed by atoms with Gasteiger partial charge in [-0.25, -0.2) is 0 Å². The van der Waals surface area contributed by atoms with Gasteiger partial charge < -0.3 is 22.8 Å². The molecule has 2 rings (SSSR count). The van der Waals surface area contributed by atoms with E-state index in [0.29, 0.717) is 20.0 Å². The molecule has 0 spiro atoms. The summed E-state index contributed by atoms with van der Waals surface area (Å²) >= 11 is 0. The van der Waals surface area contributed by atoms with Crippen molar-refractivity contribution in [1.29, 1.82) is 0 Å². The SMILES string of the molecule is C=C1[C@H]2[C@H]([C@@H](OCOC)C[C@]2(C)O[Si](C)(C)C(C)(C)C)C1(CO[Si](CC)(CC)CC)CO[Si](CC)(CC)CC. The molecule has 8 heteroatoms. The van der Waals surface area contributed by atoms with Gasteiger partial charge in [0, 0.05) is 44.0 Å². The second-order valence-corrected chi connectivity index (χ2v) is 28.5. The predicted octanol–water partition coefficient (Wildman–Crippen LogP) is 8.99. The molecule has 0 aromatic rings. The van der Waals surface area contributed by atoms with Crippen molar-refractivity contribution >= 4 is 25.0 Å². The molecular formula is C31H64O5Si3. The van der Waals surface area contributed by atoms with E-state index in [1.165, 1.54) is 5.57 Å². The van der Waals surface area contributed by atoms with Crippen LogP contribution < -0.4 is 0 Å². The molecule has 4 atom stereocenters. The average molecular weight is 601 g/mol. The maximum atomic E-state index is 7.27. The first kappa shape index (κ1) is 35.4. The molecule has 0 radical (unpaired) electrons. The summed E-state index contributed by atoms with van der Waals surface area (Å²) in [5, 5.41) is 0.133. The van der Waals surface area contributed by atoms with Gasteiger partial charge in [-0.05, 0) is 61.3 Å². The third-order valence-corrected chi connectivity index (χ3v) is 25.3. The largest absolute Gasteiger partial charge is 0.416 e. The van der Waals surface area contributed by atoms with E-state index < -0.39 is 25.0 Å². The van der Waals surface area contributed by atoms with Crippen molar-refractivity contribution < 1.29 is 22.8 Å². The molecule has 2 fully saturated rings. The molecular weight excluding hydrogens is 537 g/mol. The molecule has 2 aliphatic carbocycles. The minimum Gasteiger partial charge on any atom is -0.416 e. The molecule has 5 nitrogen and oxygen atoms in total. The smallest absolute Gasteiger partial charge is 0.192 e. The molecule has 0 aromatic heterocycles. The third kappa shape index (κ3) is 6.73. The molecule has 39 heavy (non-hydrogen) atoms. The second-order valence-electron chi connectivity index (χ2n) is 14.2. The highest BCUT2D eigenvalue weighted by molar-refractivity contribution is 6.74.